The van der Waals surface area contributed by atoms with E-state index in [2.05, 4.69) is 15.6 Å². The Hall–Kier alpha value is -2.70. The van der Waals surface area contributed by atoms with E-state index in [1.807, 2.05) is 0 Å². The zero-order chi connectivity index (χ0) is 16.2. The van der Waals surface area contributed by atoms with Gasteiger partial charge in [-0.1, -0.05) is 12.1 Å². The Balaban J connectivity index is 1.64. The van der Waals surface area contributed by atoms with Crippen molar-refractivity contribution in [3.63, 3.8) is 0 Å². The van der Waals surface area contributed by atoms with Gasteiger partial charge in [0.25, 0.3) is 5.56 Å². The molecule has 0 fully saturated rings. The highest BCUT2D eigenvalue weighted by molar-refractivity contribution is 5.75. The fourth-order valence-corrected chi connectivity index (χ4v) is 2.51. The molecule has 2 heterocycles. The number of benzene rings is 1. The van der Waals surface area contributed by atoms with E-state index >= 15 is 0 Å². The largest absolute Gasteiger partial charge is 0.370 e. The Morgan fingerprint density at radius 2 is 2.13 bits per heavy atom. The zero-order valence-corrected chi connectivity index (χ0v) is 12.5. The lowest BCUT2D eigenvalue weighted by Crippen LogP contribution is -2.35. The van der Waals surface area contributed by atoms with Crippen LogP contribution in [0.1, 0.15) is 17.5 Å². The first-order valence-corrected chi connectivity index (χ1v) is 7.47. The third-order valence-electron chi connectivity index (χ3n) is 3.74. The minimum atomic E-state index is -0.319. The first kappa shape index (κ1) is 15.2. The molecule has 0 saturated heterocycles. The Morgan fingerprint density at radius 3 is 2.91 bits per heavy atom. The van der Waals surface area contributed by atoms with Crippen LogP contribution in [-0.2, 0) is 24.3 Å². The Morgan fingerprint density at radius 1 is 1.35 bits per heavy atom. The number of hydrogen-bond acceptors (Lipinski definition) is 4. The Kier molecular flexibility index (Phi) is 4.36. The molecule has 2 N–H and O–H groups in total. The third-order valence-corrected chi connectivity index (χ3v) is 3.74. The molecule has 1 amide bonds. The van der Waals surface area contributed by atoms with Gasteiger partial charge >= 0.3 is 0 Å². The molecule has 23 heavy (non-hydrogen) atoms. The molecule has 1 aliphatic heterocycles. The van der Waals surface area contributed by atoms with Crippen LogP contribution in [0.3, 0.4) is 0 Å². The van der Waals surface area contributed by atoms with Crippen LogP contribution in [0.4, 0.5) is 10.2 Å². The molecule has 1 aromatic carbocycles. The first-order chi connectivity index (χ1) is 11.1. The fraction of sp³-hybridized carbons (Fsp3) is 0.312. The van der Waals surface area contributed by atoms with Gasteiger partial charge in [-0.05, 0) is 30.5 Å². The Labute approximate surface area is 132 Å². The maximum atomic E-state index is 12.8. The van der Waals surface area contributed by atoms with Gasteiger partial charge in [0, 0.05) is 13.1 Å². The molecule has 6 nitrogen and oxygen atoms in total. The van der Waals surface area contributed by atoms with E-state index in [0.717, 1.165) is 18.5 Å². The smallest absolute Gasteiger partial charge is 0.259 e. The highest BCUT2D eigenvalue weighted by Gasteiger charge is 2.16. The van der Waals surface area contributed by atoms with Gasteiger partial charge < -0.3 is 10.6 Å². The molecule has 0 spiro atoms. The number of anilines is 1. The summed E-state index contributed by atoms with van der Waals surface area (Å²) in [6.07, 6.45) is 2.94. The quantitative estimate of drug-likeness (QED) is 0.884. The van der Waals surface area contributed by atoms with Crippen LogP contribution >= 0.6 is 0 Å². The number of fused-ring (bicyclic) bond motifs is 1. The van der Waals surface area contributed by atoms with Crippen molar-refractivity contribution in [2.45, 2.75) is 25.9 Å². The second-order valence-corrected chi connectivity index (χ2v) is 5.44. The predicted octanol–water partition coefficient (Wildman–Crippen LogP) is 1.06. The number of nitrogens with zero attached hydrogens (tertiary/aromatic N) is 2. The van der Waals surface area contributed by atoms with Gasteiger partial charge in [0.1, 0.15) is 24.5 Å². The summed E-state index contributed by atoms with van der Waals surface area (Å²) in [4.78, 5) is 28.5. The van der Waals surface area contributed by atoms with E-state index in [1.54, 1.807) is 12.1 Å². The molecule has 120 valence electrons. The lowest BCUT2D eigenvalue weighted by atomic mass is 10.1. The predicted molar refractivity (Wildman–Crippen MR) is 83.6 cm³/mol. The van der Waals surface area contributed by atoms with Crippen molar-refractivity contribution in [1.82, 2.24) is 14.9 Å². The van der Waals surface area contributed by atoms with Crippen molar-refractivity contribution < 1.29 is 9.18 Å². The van der Waals surface area contributed by atoms with E-state index in [-0.39, 0.29) is 30.4 Å². The van der Waals surface area contributed by atoms with E-state index in [1.165, 1.54) is 23.0 Å². The summed E-state index contributed by atoms with van der Waals surface area (Å²) in [6.45, 7) is 1.01. The van der Waals surface area contributed by atoms with Crippen LogP contribution in [0.5, 0.6) is 0 Å². The van der Waals surface area contributed by atoms with Crippen molar-refractivity contribution in [2.75, 3.05) is 11.9 Å². The van der Waals surface area contributed by atoms with Crippen LogP contribution < -0.4 is 16.2 Å². The average molecular weight is 316 g/mol. The molecule has 0 radical (unpaired) electrons. The summed E-state index contributed by atoms with van der Waals surface area (Å²) in [5, 5.41) is 5.79. The SMILES string of the molecule is O=C(Cn1cnc2c(c1=O)CCCN2)NCc1ccc(F)cc1. The van der Waals surface area contributed by atoms with Crippen LogP contribution in [-0.4, -0.2) is 22.0 Å². The number of aromatic nitrogens is 2. The molecule has 1 aliphatic rings. The molecule has 0 unspecified atom stereocenters. The second kappa shape index (κ2) is 6.60. The second-order valence-electron chi connectivity index (χ2n) is 5.44. The number of halogens is 1. The molecule has 0 bridgehead atoms. The van der Waals surface area contributed by atoms with Gasteiger partial charge in [-0.2, -0.15) is 0 Å². The average Bonchev–Trinajstić information content (AvgIpc) is 2.57. The zero-order valence-electron chi connectivity index (χ0n) is 12.5. The number of carbonyl (C=O) groups is 1. The van der Waals surface area contributed by atoms with Crippen LogP contribution in [0.15, 0.2) is 35.4 Å². The highest BCUT2D eigenvalue weighted by Crippen LogP contribution is 2.14. The van der Waals surface area contributed by atoms with Gasteiger partial charge in [-0.15, -0.1) is 0 Å². The number of rotatable bonds is 4. The first-order valence-electron chi connectivity index (χ1n) is 7.47. The van der Waals surface area contributed by atoms with Crippen molar-refractivity contribution in [1.29, 1.82) is 0 Å². The monoisotopic (exact) mass is 316 g/mol. The molecule has 7 heteroatoms. The van der Waals surface area contributed by atoms with Crippen molar-refractivity contribution >= 4 is 11.7 Å². The van der Waals surface area contributed by atoms with E-state index in [0.29, 0.717) is 17.8 Å². The molecule has 0 atom stereocenters. The lowest BCUT2D eigenvalue weighted by molar-refractivity contribution is -0.121. The maximum absolute atomic E-state index is 12.8. The summed E-state index contributed by atoms with van der Waals surface area (Å²) >= 11 is 0. The standard InChI is InChI=1S/C16H17FN4O2/c17-12-5-3-11(4-6-12)8-19-14(22)9-21-10-20-15-13(16(21)23)2-1-7-18-15/h3-6,10,18H,1-2,7-9H2,(H,19,22). The molecule has 0 aliphatic carbocycles. The number of carbonyl (C=O) groups excluding carboxylic acids is 1. The van der Waals surface area contributed by atoms with Crippen molar-refractivity contribution in [2.24, 2.45) is 0 Å². The van der Waals surface area contributed by atoms with E-state index in [4.69, 9.17) is 0 Å². The summed E-state index contributed by atoms with van der Waals surface area (Å²) in [5.74, 6) is 0.00605. The van der Waals surface area contributed by atoms with Gasteiger partial charge in [-0.25, -0.2) is 9.37 Å². The third kappa shape index (κ3) is 3.56. The maximum Gasteiger partial charge on any atom is 0.259 e. The Bertz CT molecular complexity index is 771. The minimum Gasteiger partial charge on any atom is -0.370 e. The van der Waals surface area contributed by atoms with E-state index in [9.17, 15) is 14.0 Å². The number of amides is 1. The van der Waals surface area contributed by atoms with Gasteiger partial charge in [0.15, 0.2) is 0 Å². The fourth-order valence-electron chi connectivity index (χ4n) is 2.51. The summed E-state index contributed by atoms with van der Waals surface area (Å²) in [5.41, 5.74) is 1.24. The minimum absolute atomic E-state index is 0.0830. The van der Waals surface area contributed by atoms with Gasteiger partial charge in [0.05, 0.1) is 5.56 Å². The topological polar surface area (TPSA) is 76.0 Å². The normalized spacial score (nSPS) is 13.1. The lowest BCUT2D eigenvalue weighted by Gasteiger charge is -2.17. The number of nitrogens with one attached hydrogen (secondary N) is 2. The molecular weight excluding hydrogens is 299 g/mol. The molecule has 1 aromatic heterocycles. The number of hydrogen-bond donors (Lipinski definition) is 2. The molecule has 2 aromatic rings. The highest BCUT2D eigenvalue weighted by atomic mass is 19.1. The van der Waals surface area contributed by atoms with Gasteiger partial charge in [-0.3, -0.25) is 14.2 Å². The van der Waals surface area contributed by atoms with Crippen LogP contribution in [0.25, 0.3) is 0 Å². The molecule has 3 rings (SSSR count). The van der Waals surface area contributed by atoms with Gasteiger partial charge in [0.2, 0.25) is 5.91 Å². The van der Waals surface area contributed by atoms with E-state index < -0.39 is 0 Å². The summed E-state index contributed by atoms with van der Waals surface area (Å²) in [7, 11) is 0. The summed E-state index contributed by atoms with van der Waals surface area (Å²) in [6, 6.07) is 5.89. The molecule has 0 saturated carbocycles. The van der Waals surface area contributed by atoms with Crippen molar-refractivity contribution in [3.05, 3.63) is 57.9 Å². The summed E-state index contributed by atoms with van der Waals surface area (Å²) < 4.78 is 14.1. The molecular formula is C16H17FN4O2. The van der Waals surface area contributed by atoms with Crippen molar-refractivity contribution in [3.8, 4) is 0 Å². The van der Waals surface area contributed by atoms with Crippen LogP contribution in [0.2, 0.25) is 0 Å². The van der Waals surface area contributed by atoms with Crippen LogP contribution in [0, 0.1) is 5.82 Å².